The Hall–Kier alpha value is -3.63. The zero-order valence-electron chi connectivity index (χ0n) is 17.9. The predicted octanol–water partition coefficient (Wildman–Crippen LogP) is 3.11. The molecular formula is C23H19F3N6O. The summed E-state index contributed by atoms with van der Waals surface area (Å²) in [5, 5.41) is 17.9. The summed E-state index contributed by atoms with van der Waals surface area (Å²) >= 11 is 0. The maximum Gasteiger partial charge on any atom is 0.397 e. The van der Waals surface area contributed by atoms with Crippen molar-refractivity contribution < 1.29 is 17.6 Å². The second-order valence-corrected chi connectivity index (χ2v) is 8.79. The molecular weight excluding hydrogens is 433 g/mol. The van der Waals surface area contributed by atoms with Gasteiger partial charge in [-0.3, -0.25) is 9.88 Å². The van der Waals surface area contributed by atoms with Gasteiger partial charge in [-0.2, -0.15) is 18.4 Å². The molecule has 5 rings (SSSR count). The number of hydrogen-bond acceptors (Lipinski definition) is 7. The second kappa shape index (κ2) is 7.19. The number of fused-ring (bicyclic) bond motifs is 2. The van der Waals surface area contributed by atoms with Crippen molar-refractivity contribution in [3.05, 3.63) is 47.8 Å². The molecule has 7 nitrogen and oxygen atoms in total. The zero-order chi connectivity index (χ0) is 23.4. The van der Waals surface area contributed by atoms with Gasteiger partial charge in [0, 0.05) is 30.4 Å². The number of alkyl halides is 3. The number of benzene rings is 1. The highest BCUT2D eigenvalue weighted by molar-refractivity contribution is 5.95. The average Bonchev–Trinajstić information content (AvgIpc) is 3.09. The van der Waals surface area contributed by atoms with Crippen LogP contribution >= 0.6 is 0 Å². The van der Waals surface area contributed by atoms with Gasteiger partial charge in [0.25, 0.3) is 5.89 Å². The molecule has 1 aliphatic heterocycles. The molecule has 3 heterocycles. The van der Waals surface area contributed by atoms with Crippen LogP contribution in [0.2, 0.25) is 0 Å². The second-order valence-electron chi connectivity index (χ2n) is 8.79. The van der Waals surface area contributed by atoms with Crippen molar-refractivity contribution in [2.24, 2.45) is 5.41 Å². The van der Waals surface area contributed by atoms with Gasteiger partial charge in [-0.25, -0.2) is 0 Å². The molecule has 0 radical (unpaired) electrons. The Morgan fingerprint density at radius 2 is 2.03 bits per heavy atom. The van der Waals surface area contributed by atoms with Crippen LogP contribution in [0.15, 0.2) is 34.9 Å². The summed E-state index contributed by atoms with van der Waals surface area (Å²) in [5.41, 5.74) is -1.88. The van der Waals surface area contributed by atoms with E-state index >= 15 is 0 Å². The van der Waals surface area contributed by atoms with Crippen molar-refractivity contribution in [2.75, 3.05) is 38.6 Å². The van der Waals surface area contributed by atoms with Crippen LogP contribution in [-0.4, -0.2) is 60.0 Å². The number of hydrogen-bond donors (Lipinski definition) is 0. The highest BCUT2D eigenvalue weighted by Crippen LogP contribution is 2.75. The van der Waals surface area contributed by atoms with Gasteiger partial charge in [-0.15, -0.1) is 5.10 Å². The molecule has 1 saturated carbocycles. The largest absolute Gasteiger partial charge is 0.414 e. The van der Waals surface area contributed by atoms with Crippen molar-refractivity contribution in [3.63, 3.8) is 0 Å². The number of nitriles is 1. The third-order valence-electron chi connectivity index (χ3n) is 6.49. The first kappa shape index (κ1) is 21.2. The van der Waals surface area contributed by atoms with Crippen LogP contribution in [0.25, 0.3) is 10.9 Å². The quantitative estimate of drug-likeness (QED) is 0.565. The van der Waals surface area contributed by atoms with E-state index in [2.05, 4.69) is 33.1 Å². The minimum Gasteiger partial charge on any atom is -0.414 e. The fraction of sp³-hybridized carbons (Fsp3) is 0.391. The van der Waals surface area contributed by atoms with E-state index in [1.807, 2.05) is 19.0 Å². The van der Waals surface area contributed by atoms with E-state index in [0.29, 0.717) is 28.7 Å². The molecule has 1 aliphatic carbocycles. The molecule has 0 N–H and O–H groups in total. The number of halogens is 3. The minimum absolute atomic E-state index is 0.00988. The molecule has 2 aliphatic rings. The van der Waals surface area contributed by atoms with Crippen LogP contribution in [-0.2, 0) is 5.41 Å². The number of piperidine rings is 1. The van der Waals surface area contributed by atoms with Gasteiger partial charge >= 0.3 is 6.18 Å². The SMILES string of the molecule is CN(C)CC#Cc1nnc([C@]23CN(c4ccc(C#N)c5ncccc45)C[C@@]2(C(F)(F)F)C3)o1. The monoisotopic (exact) mass is 452 g/mol. The van der Waals surface area contributed by atoms with Gasteiger partial charge < -0.3 is 9.32 Å². The third kappa shape index (κ3) is 3.13. The number of rotatable bonds is 3. The molecule has 2 atom stereocenters. The summed E-state index contributed by atoms with van der Waals surface area (Å²) in [6.45, 7) is 0.286. The number of pyridine rings is 1. The van der Waals surface area contributed by atoms with Crippen LogP contribution in [0.5, 0.6) is 0 Å². The third-order valence-corrected chi connectivity index (χ3v) is 6.49. The first-order valence-electron chi connectivity index (χ1n) is 10.3. The molecule has 1 saturated heterocycles. The normalized spacial score (nSPS) is 23.8. The molecule has 2 aromatic heterocycles. The van der Waals surface area contributed by atoms with Crippen LogP contribution in [0, 0.1) is 28.6 Å². The molecule has 1 aromatic carbocycles. The number of aromatic nitrogens is 3. The highest BCUT2D eigenvalue weighted by atomic mass is 19.4. The van der Waals surface area contributed by atoms with E-state index in [1.165, 1.54) is 0 Å². The Morgan fingerprint density at radius 1 is 1.21 bits per heavy atom. The molecule has 0 unspecified atom stereocenters. The summed E-state index contributed by atoms with van der Waals surface area (Å²) < 4.78 is 48.6. The standard InChI is InChI=1S/C23H19F3N6O/c1-31(2)10-4-6-18-29-30-20(33-18)21-12-22(21,23(24,25)26)14-32(13-21)17-8-7-15(11-27)19-16(17)5-3-9-28-19/h3,5,7-9H,10,12-14H2,1-2H3/t21-,22-/m0/s1. The van der Waals surface area contributed by atoms with Gasteiger partial charge in [0.05, 0.1) is 23.0 Å². The Labute approximate surface area is 187 Å². The number of anilines is 1. The fourth-order valence-corrected chi connectivity index (χ4v) is 4.84. The maximum atomic E-state index is 14.3. The Morgan fingerprint density at radius 3 is 2.76 bits per heavy atom. The average molecular weight is 452 g/mol. The van der Waals surface area contributed by atoms with Gasteiger partial charge in [-0.1, -0.05) is 11.0 Å². The van der Waals surface area contributed by atoms with E-state index < -0.39 is 17.0 Å². The first-order valence-corrected chi connectivity index (χ1v) is 10.3. The molecule has 0 spiro atoms. The maximum absolute atomic E-state index is 14.3. The van der Waals surface area contributed by atoms with Crippen LogP contribution in [0.4, 0.5) is 18.9 Å². The van der Waals surface area contributed by atoms with Crippen molar-refractivity contribution in [3.8, 4) is 17.9 Å². The van der Waals surface area contributed by atoms with Crippen LogP contribution in [0.1, 0.15) is 23.8 Å². The smallest absolute Gasteiger partial charge is 0.397 e. The van der Waals surface area contributed by atoms with Crippen molar-refractivity contribution in [1.29, 1.82) is 5.26 Å². The summed E-state index contributed by atoms with van der Waals surface area (Å²) in [6, 6.07) is 8.82. The molecule has 10 heteroatoms. The summed E-state index contributed by atoms with van der Waals surface area (Å²) in [4.78, 5) is 7.80. The van der Waals surface area contributed by atoms with E-state index in [-0.39, 0.29) is 31.3 Å². The molecule has 0 amide bonds. The highest BCUT2D eigenvalue weighted by Gasteiger charge is 2.86. The Balaban J connectivity index is 1.54. The van der Waals surface area contributed by atoms with Gasteiger partial charge in [-0.05, 0) is 50.7 Å². The Kier molecular flexibility index (Phi) is 4.62. The molecule has 168 valence electrons. The van der Waals surface area contributed by atoms with Gasteiger partial charge in [0.1, 0.15) is 11.5 Å². The molecule has 0 bridgehead atoms. The summed E-state index contributed by atoms with van der Waals surface area (Å²) in [7, 11) is 3.70. The Bertz CT molecular complexity index is 1350. The predicted molar refractivity (Wildman–Crippen MR) is 113 cm³/mol. The minimum atomic E-state index is -4.45. The lowest BCUT2D eigenvalue weighted by atomic mass is 9.95. The van der Waals surface area contributed by atoms with Crippen LogP contribution in [0.3, 0.4) is 0 Å². The topological polar surface area (TPSA) is 82.1 Å². The van der Waals surface area contributed by atoms with Crippen LogP contribution < -0.4 is 4.90 Å². The van der Waals surface area contributed by atoms with Crippen molar-refractivity contribution in [2.45, 2.75) is 18.0 Å². The van der Waals surface area contributed by atoms with E-state index in [1.54, 1.807) is 35.4 Å². The van der Waals surface area contributed by atoms with Crippen molar-refractivity contribution in [1.82, 2.24) is 20.1 Å². The van der Waals surface area contributed by atoms with E-state index in [4.69, 9.17) is 4.42 Å². The van der Waals surface area contributed by atoms with E-state index in [0.717, 1.165) is 0 Å². The summed E-state index contributed by atoms with van der Waals surface area (Å²) in [6.07, 6.45) is -3.00. The lowest BCUT2D eigenvalue weighted by molar-refractivity contribution is -0.187. The summed E-state index contributed by atoms with van der Waals surface area (Å²) in [5.74, 6) is 5.55. The first-order chi connectivity index (χ1) is 15.7. The van der Waals surface area contributed by atoms with Gasteiger partial charge in [0.2, 0.25) is 5.89 Å². The zero-order valence-corrected chi connectivity index (χ0v) is 17.9. The molecule has 33 heavy (non-hydrogen) atoms. The number of nitrogens with zero attached hydrogens (tertiary/aromatic N) is 6. The lowest BCUT2D eigenvalue weighted by Crippen LogP contribution is -2.34. The van der Waals surface area contributed by atoms with Gasteiger partial charge in [0.15, 0.2) is 0 Å². The molecule has 2 fully saturated rings. The molecule has 3 aromatic rings. The lowest BCUT2D eigenvalue weighted by Gasteiger charge is -2.25. The fourth-order valence-electron chi connectivity index (χ4n) is 4.84. The van der Waals surface area contributed by atoms with Crippen molar-refractivity contribution >= 4 is 16.6 Å². The van der Waals surface area contributed by atoms with E-state index in [9.17, 15) is 18.4 Å².